The van der Waals surface area contributed by atoms with Gasteiger partial charge in [0, 0.05) is 26.7 Å². The Kier molecular flexibility index (Phi) is 6.67. The van der Waals surface area contributed by atoms with E-state index in [0.717, 1.165) is 15.3 Å². The van der Waals surface area contributed by atoms with Crippen LogP contribution in [-0.4, -0.2) is 42.7 Å². The number of aliphatic carboxylic acids is 1. The van der Waals surface area contributed by atoms with Crippen molar-refractivity contribution in [2.45, 2.75) is 12.5 Å². The van der Waals surface area contributed by atoms with Gasteiger partial charge in [-0.05, 0) is 62.9 Å². The predicted octanol–water partition coefficient (Wildman–Crippen LogP) is 0.819. The fraction of sp³-hybridized carbons (Fsp3) is 0.250. The Morgan fingerprint density at radius 2 is 1.74 bits per heavy atom. The number of phenols is 1. The van der Waals surface area contributed by atoms with Crippen LogP contribution in [0.25, 0.3) is 0 Å². The molecule has 2 aromatic rings. The molecule has 9 nitrogen and oxygen atoms in total. The van der Waals surface area contributed by atoms with Gasteiger partial charge in [0.1, 0.15) is 11.3 Å². The van der Waals surface area contributed by atoms with Gasteiger partial charge in [-0.15, -0.1) is 0 Å². The number of carboxylic acid groups (broad SMARTS) is 1. The molecule has 0 aliphatic heterocycles. The summed E-state index contributed by atoms with van der Waals surface area (Å²) in [6.45, 7) is 0. The normalized spacial score (nSPS) is 12.4. The molecule has 0 aliphatic rings. The average Bonchev–Trinajstić information content (AvgIpc) is 2.61. The molecule has 1 atom stereocenters. The number of nitrogens with zero attached hydrogens (tertiary/aromatic N) is 3. The Hall–Kier alpha value is -1.90. The topological polar surface area (TPSA) is 134 Å². The van der Waals surface area contributed by atoms with E-state index in [2.05, 4.69) is 4.99 Å². The maximum absolute atomic E-state index is 12.2. The molecule has 0 unspecified atom stereocenters. The van der Waals surface area contributed by atoms with Gasteiger partial charge >= 0.3 is 11.7 Å². The monoisotopic (exact) mass is 599 g/mol. The third-order valence-corrected chi connectivity index (χ3v) is 5.49. The van der Waals surface area contributed by atoms with Crippen LogP contribution in [0.1, 0.15) is 11.1 Å². The first-order chi connectivity index (χ1) is 12.5. The van der Waals surface area contributed by atoms with Crippen molar-refractivity contribution >= 4 is 57.4 Å². The van der Waals surface area contributed by atoms with E-state index in [1.54, 1.807) is 12.1 Å². The van der Waals surface area contributed by atoms with E-state index in [1.165, 1.54) is 14.1 Å². The van der Waals surface area contributed by atoms with Crippen molar-refractivity contribution < 1.29 is 20.1 Å². The van der Waals surface area contributed by atoms with Crippen molar-refractivity contribution in [1.29, 1.82) is 0 Å². The number of hydrogen-bond acceptors (Lipinski definition) is 6. The molecule has 0 spiro atoms. The minimum atomic E-state index is -1.22. The van der Waals surface area contributed by atoms with Gasteiger partial charge in [-0.1, -0.05) is 0 Å². The number of halogens is 2. The molecule has 144 valence electrons. The number of carboxylic acids is 1. The molecular formula is C16H15I2N3O6. The molecule has 0 aliphatic carbocycles. The highest BCUT2D eigenvalue weighted by Crippen LogP contribution is 2.28. The molecule has 0 fully saturated rings. The highest BCUT2D eigenvalue weighted by atomic mass is 127. The minimum Gasteiger partial charge on any atom is -0.506 e. The lowest BCUT2D eigenvalue weighted by Gasteiger charge is -2.11. The van der Waals surface area contributed by atoms with Gasteiger partial charge in [-0.2, -0.15) is 0 Å². The summed E-state index contributed by atoms with van der Waals surface area (Å²) in [5.74, 6) is -1.69. The maximum Gasteiger partial charge on any atom is 0.333 e. The average molecular weight is 599 g/mol. The van der Waals surface area contributed by atoms with Crippen LogP contribution in [0.2, 0.25) is 0 Å². The molecule has 27 heavy (non-hydrogen) atoms. The Labute approximate surface area is 180 Å². The third-order valence-electron chi connectivity index (χ3n) is 3.84. The van der Waals surface area contributed by atoms with Crippen LogP contribution < -0.4 is 11.2 Å². The predicted molar refractivity (Wildman–Crippen MR) is 115 cm³/mol. The van der Waals surface area contributed by atoms with E-state index in [-0.39, 0.29) is 17.7 Å². The summed E-state index contributed by atoms with van der Waals surface area (Å²) in [5, 5.41) is 29.2. The van der Waals surface area contributed by atoms with Crippen molar-refractivity contribution in [2.75, 3.05) is 0 Å². The Bertz CT molecular complexity index is 1030. The summed E-state index contributed by atoms with van der Waals surface area (Å²) < 4.78 is 2.81. The van der Waals surface area contributed by atoms with E-state index >= 15 is 0 Å². The highest BCUT2D eigenvalue weighted by molar-refractivity contribution is 14.1. The van der Waals surface area contributed by atoms with E-state index in [1.807, 2.05) is 45.2 Å². The van der Waals surface area contributed by atoms with Gasteiger partial charge in [-0.25, -0.2) is 9.59 Å². The standard InChI is InChI=1S/C16H15I2N3O6/c1-20-13(23)8(14(24)21(2)16(20)27)6-19-11(15(25)26)5-7-3-9(17)12(22)10(18)4-7/h3-4,6,11,22-23H,5H2,1-2H3,(H,25,26)/t11-/m0/s1. The fourth-order valence-corrected chi connectivity index (χ4v) is 4.20. The number of carbonyl (C=O) groups is 1. The summed E-state index contributed by atoms with van der Waals surface area (Å²) >= 11 is 3.88. The van der Waals surface area contributed by atoms with E-state index in [0.29, 0.717) is 12.7 Å². The number of aromatic hydroxyl groups is 2. The van der Waals surface area contributed by atoms with Crippen LogP contribution >= 0.6 is 45.2 Å². The lowest BCUT2D eigenvalue weighted by atomic mass is 10.1. The van der Waals surface area contributed by atoms with E-state index in [4.69, 9.17) is 0 Å². The van der Waals surface area contributed by atoms with Crippen LogP contribution in [0.4, 0.5) is 0 Å². The fourth-order valence-electron chi connectivity index (χ4n) is 2.30. The molecule has 0 saturated heterocycles. The lowest BCUT2D eigenvalue weighted by Crippen LogP contribution is -2.38. The summed E-state index contributed by atoms with van der Waals surface area (Å²) in [4.78, 5) is 39.4. The van der Waals surface area contributed by atoms with Gasteiger partial charge in [-0.3, -0.25) is 18.9 Å². The van der Waals surface area contributed by atoms with Crippen molar-refractivity contribution in [3.05, 3.63) is 51.2 Å². The number of aromatic nitrogens is 2. The Balaban J connectivity index is 2.42. The summed E-state index contributed by atoms with van der Waals surface area (Å²) in [6.07, 6.45) is 0.983. The molecule has 1 heterocycles. The van der Waals surface area contributed by atoms with Gasteiger partial charge in [0.25, 0.3) is 5.56 Å². The van der Waals surface area contributed by atoms with Crippen LogP contribution in [0.5, 0.6) is 11.6 Å². The largest absolute Gasteiger partial charge is 0.506 e. The molecule has 0 radical (unpaired) electrons. The molecule has 1 aromatic heterocycles. The second kappa shape index (κ2) is 8.41. The summed E-state index contributed by atoms with van der Waals surface area (Å²) in [7, 11) is 2.53. The van der Waals surface area contributed by atoms with Gasteiger partial charge in [0.2, 0.25) is 5.88 Å². The zero-order valence-electron chi connectivity index (χ0n) is 14.2. The number of aliphatic imine (C=N–C) groups is 1. The molecule has 0 amide bonds. The molecule has 11 heteroatoms. The molecule has 0 saturated carbocycles. The zero-order chi connectivity index (χ0) is 20.5. The number of rotatable bonds is 5. The summed E-state index contributed by atoms with van der Waals surface area (Å²) in [5.41, 5.74) is -1.13. The van der Waals surface area contributed by atoms with E-state index in [9.17, 15) is 29.7 Å². The number of benzene rings is 1. The summed E-state index contributed by atoms with van der Waals surface area (Å²) in [6, 6.07) is 2.07. The van der Waals surface area contributed by atoms with Crippen molar-refractivity contribution in [3.63, 3.8) is 0 Å². The SMILES string of the molecule is Cn1c(O)c(C=N[C@@H](Cc2cc(I)c(O)c(I)c2)C(=O)O)c(=O)n(C)c1=O. The first kappa shape index (κ1) is 21.4. The first-order valence-electron chi connectivity index (χ1n) is 7.46. The molecular weight excluding hydrogens is 584 g/mol. The highest BCUT2D eigenvalue weighted by Gasteiger charge is 2.19. The van der Waals surface area contributed by atoms with Crippen molar-refractivity contribution in [2.24, 2.45) is 19.1 Å². The van der Waals surface area contributed by atoms with Crippen molar-refractivity contribution in [3.8, 4) is 11.6 Å². The number of phenolic OH excluding ortho intramolecular Hbond substituents is 1. The maximum atomic E-state index is 12.2. The van der Waals surface area contributed by atoms with Gasteiger partial charge < -0.3 is 15.3 Å². The second-order valence-electron chi connectivity index (χ2n) is 5.69. The van der Waals surface area contributed by atoms with Crippen LogP contribution in [0.15, 0.2) is 26.7 Å². The molecule has 2 rings (SSSR count). The lowest BCUT2D eigenvalue weighted by molar-refractivity contribution is -0.138. The van der Waals surface area contributed by atoms with Crippen LogP contribution in [-0.2, 0) is 25.3 Å². The number of hydrogen-bond donors (Lipinski definition) is 3. The molecule has 3 N–H and O–H groups in total. The van der Waals surface area contributed by atoms with Crippen LogP contribution in [0, 0.1) is 7.14 Å². The second-order valence-corrected chi connectivity index (χ2v) is 8.01. The van der Waals surface area contributed by atoms with Gasteiger partial charge in [0.15, 0.2) is 6.04 Å². The third kappa shape index (κ3) is 4.51. The Morgan fingerprint density at radius 1 is 1.19 bits per heavy atom. The smallest absolute Gasteiger partial charge is 0.333 e. The minimum absolute atomic E-state index is 0.0188. The zero-order valence-corrected chi connectivity index (χ0v) is 18.5. The quantitative estimate of drug-likeness (QED) is 0.345. The first-order valence-corrected chi connectivity index (χ1v) is 9.62. The molecule has 0 bridgehead atoms. The van der Waals surface area contributed by atoms with E-state index < -0.39 is 29.1 Å². The molecule has 1 aromatic carbocycles. The van der Waals surface area contributed by atoms with Gasteiger partial charge in [0.05, 0.1) is 7.14 Å². The van der Waals surface area contributed by atoms with Crippen molar-refractivity contribution in [1.82, 2.24) is 9.13 Å². The Morgan fingerprint density at radius 3 is 2.26 bits per heavy atom. The van der Waals surface area contributed by atoms with Crippen LogP contribution in [0.3, 0.4) is 0 Å².